The second kappa shape index (κ2) is 2.91. The average Bonchev–Trinajstić information content (AvgIpc) is 2.08. The summed E-state index contributed by atoms with van der Waals surface area (Å²) >= 11 is 5.50. The molecule has 0 radical (unpaired) electrons. The zero-order chi connectivity index (χ0) is 10.3. The number of aromatic nitrogens is 3. The summed E-state index contributed by atoms with van der Waals surface area (Å²) in [4.78, 5) is 3.94. The average molecular weight is 215 g/mol. The monoisotopic (exact) mass is 214 g/mol. The van der Waals surface area contributed by atoms with Crippen LogP contribution in [0.2, 0.25) is 5.02 Å². The van der Waals surface area contributed by atoms with Gasteiger partial charge >= 0.3 is 0 Å². The Hall–Kier alpha value is -1.69. The Kier molecular flexibility index (Phi) is 1.85. The van der Waals surface area contributed by atoms with E-state index in [2.05, 4.69) is 10.1 Å². The van der Waals surface area contributed by atoms with E-state index < -0.39 is 5.82 Å². The number of hydrogen-bond acceptors (Lipinski definition) is 4. The lowest BCUT2D eigenvalue weighted by Gasteiger charge is -2.00. The summed E-state index contributed by atoms with van der Waals surface area (Å²) in [5, 5.41) is 14.3. The summed E-state index contributed by atoms with van der Waals surface area (Å²) in [5.74, 6) is -0.882. The number of anilines is 1. The number of nitrogens with zero attached hydrogens (tertiary/aromatic N) is 3. The molecule has 0 aliphatic rings. The first-order chi connectivity index (χ1) is 6.58. The molecular weight excluding hydrogens is 211 g/mol. The fourth-order valence-corrected chi connectivity index (χ4v) is 1.22. The summed E-state index contributed by atoms with van der Waals surface area (Å²) in [5.41, 5.74) is 5.43. The van der Waals surface area contributed by atoms with Gasteiger partial charge in [-0.15, -0.1) is 0 Å². The van der Waals surface area contributed by atoms with Gasteiger partial charge in [0.25, 0.3) is 11.5 Å². The molecule has 0 bridgehead atoms. The fourth-order valence-electron chi connectivity index (χ4n) is 1.06. The van der Waals surface area contributed by atoms with Crippen LogP contribution >= 0.6 is 11.6 Å². The second-order valence-corrected chi connectivity index (χ2v) is 3.01. The predicted octanol–water partition coefficient (Wildman–Crippen LogP) is 0.638. The minimum atomic E-state index is -0.697. The van der Waals surface area contributed by atoms with Crippen LogP contribution in [0.1, 0.15) is 0 Å². The van der Waals surface area contributed by atoms with E-state index in [1.807, 2.05) is 0 Å². The normalized spacial score (nSPS) is 10.7. The second-order valence-electron chi connectivity index (χ2n) is 2.60. The molecule has 0 spiro atoms. The summed E-state index contributed by atoms with van der Waals surface area (Å²) in [6.07, 6.45) is 0. The molecule has 1 heterocycles. The maximum absolute atomic E-state index is 13.0. The highest BCUT2D eigenvalue weighted by Crippen LogP contribution is 2.19. The highest BCUT2D eigenvalue weighted by Gasteiger charge is 2.12. The quantitative estimate of drug-likeness (QED) is 0.516. The van der Waals surface area contributed by atoms with Crippen LogP contribution in [-0.2, 0) is 0 Å². The number of rotatable bonds is 0. The lowest BCUT2D eigenvalue weighted by molar-refractivity contribution is -0.641. The van der Waals surface area contributed by atoms with Gasteiger partial charge in [0.1, 0.15) is 11.3 Å². The Morgan fingerprint density at radius 2 is 2.21 bits per heavy atom. The maximum atomic E-state index is 13.0. The van der Waals surface area contributed by atoms with Crippen LogP contribution in [0.5, 0.6) is 0 Å². The van der Waals surface area contributed by atoms with Crippen LogP contribution in [-0.4, -0.2) is 10.1 Å². The van der Waals surface area contributed by atoms with Gasteiger partial charge in [0, 0.05) is 0 Å². The molecule has 0 saturated heterocycles. The van der Waals surface area contributed by atoms with E-state index >= 15 is 0 Å². The van der Waals surface area contributed by atoms with Gasteiger partial charge in [-0.1, -0.05) is 11.6 Å². The lowest BCUT2D eigenvalue weighted by Crippen LogP contribution is -2.33. The lowest BCUT2D eigenvalue weighted by atomic mass is 10.3. The van der Waals surface area contributed by atoms with Crippen molar-refractivity contribution in [1.82, 2.24) is 10.1 Å². The van der Waals surface area contributed by atoms with E-state index in [1.165, 1.54) is 6.07 Å². The van der Waals surface area contributed by atoms with Crippen LogP contribution in [0, 0.1) is 11.0 Å². The molecule has 2 N–H and O–H groups in total. The number of nitrogen functional groups attached to an aromatic ring is 1. The minimum Gasteiger partial charge on any atom is -0.594 e. The van der Waals surface area contributed by atoms with Crippen molar-refractivity contribution in [2.45, 2.75) is 0 Å². The predicted molar refractivity (Wildman–Crippen MR) is 47.9 cm³/mol. The molecular formula is C7H4ClFN4O. The summed E-state index contributed by atoms with van der Waals surface area (Å²) in [7, 11) is 0. The summed E-state index contributed by atoms with van der Waals surface area (Å²) < 4.78 is 13.0. The molecule has 0 fully saturated rings. The van der Waals surface area contributed by atoms with Crippen molar-refractivity contribution in [3.05, 3.63) is 28.2 Å². The molecule has 0 aliphatic heterocycles. The van der Waals surface area contributed by atoms with Crippen molar-refractivity contribution >= 4 is 28.6 Å². The Labute approximate surface area is 82.5 Å². The van der Waals surface area contributed by atoms with E-state index in [0.717, 1.165) is 6.07 Å². The molecule has 2 aromatic rings. The van der Waals surface area contributed by atoms with Crippen molar-refractivity contribution in [3.8, 4) is 0 Å². The minimum absolute atomic E-state index is 0.0129. The van der Waals surface area contributed by atoms with Gasteiger partial charge in [0.2, 0.25) is 0 Å². The van der Waals surface area contributed by atoms with E-state index in [0.29, 0.717) is 0 Å². The van der Waals surface area contributed by atoms with Crippen LogP contribution in [0.4, 0.5) is 10.3 Å². The van der Waals surface area contributed by atoms with Gasteiger partial charge in [0.05, 0.1) is 16.2 Å². The molecule has 14 heavy (non-hydrogen) atoms. The van der Waals surface area contributed by atoms with Crippen molar-refractivity contribution in [2.24, 2.45) is 0 Å². The van der Waals surface area contributed by atoms with Crippen LogP contribution in [0.25, 0.3) is 11.0 Å². The zero-order valence-corrected chi connectivity index (χ0v) is 7.49. The molecule has 72 valence electrons. The summed E-state index contributed by atoms with van der Waals surface area (Å²) in [6, 6.07) is 2.18. The number of hydrogen-bond donors (Lipinski definition) is 1. The number of halogens is 2. The number of benzene rings is 1. The van der Waals surface area contributed by atoms with E-state index in [4.69, 9.17) is 17.3 Å². The molecule has 0 saturated carbocycles. The first-order valence-corrected chi connectivity index (χ1v) is 3.98. The number of fused-ring (bicyclic) bond motifs is 1. The highest BCUT2D eigenvalue weighted by atomic mass is 35.5. The van der Waals surface area contributed by atoms with Gasteiger partial charge in [-0.2, -0.15) is 0 Å². The molecule has 1 aromatic carbocycles. The molecule has 1 aromatic heterocycles. The maximum Gasteiger partial charge on any atom is 0.288 e. The van der Waals surface area contributed by atoms with Crippen LogP contribution in [0.3, 0.4) is 0 Å². The smallest absolute Gasteiger partial charge is 0.288 e. The highest BCUT2D eigenvalue weighted by molar-refractivity contribution is 6.31. The van der Waals surface area contributed by atoms with E-state index in [-0.39, 0.29) is 26.8 Å². The molecule has 0 aliphatic carbocycles. The first kappa shape index (κ1) is 8.89. The molecule has 5 nitrogen and oxygen atoms in total. The third kappa shape index (κ3) is 1.29. The van der Waals surface area contributed by atoms with Gasteiger partial charge in [-0.05, 0) is 10.9 Å². The van der Waals surface area contributed by atoms with Gasteiger partial charge in [-0.25, -0.2) is 9.37 Å². The zero-order valence-electron chi connectivity index (χ0n) is 6.74. The number of nitrogens with two attached hydrogens (primary N) is 1. The van der Waals surface area contributed by atoms with Gasteiger partial charge < -0.3 is 10.9 Å². The van der Waals surface area contributed by atoms with Crippen molar-refractivity contribution in [1.29, 1.82) is 0 Å². The van der Waals surface area contributed by atoms with Gasteiger partial charge in [-0.3, -0.25) is 0 Å². The Bertz CT molecular complexity index is 519. The standard InChI is InChI=1S/C7H4ClFN4O/c8-3-1-5-6(2-4(3)9)13(14)12-7(10)11-5/h1-2H,(H2,10,11,12). The van der Waals surface area contributed by atoms with Gasteiger partial charge in [0.15, 0.2) is 0 Å². The Morgan fingerprint density at radius 1 is 1.50 bits per heavy atom. The van der Waals surface area contributed by atoms with Crippen molar-refractivity contribution in [3.63, 3.8) is 0 Å². The largest absolute Gasteiger partial charge is 0.594 e. The molecule has 0 atom stereocenters. The molecule has 0 amide bonds. The Balaban J connectivity index is 2.89. The molecule has 2 rings (SSSR count). The SMILES string of the molecule is Nc1nc2cc(Cl)c(F)cc2[n+]([O-])n1. The van der Waals surface area contributed by atoms with Crippen molar-refractivity contribution < 1.29 is 9.24 Å². The Morgan fingerprint density at radius 3 is 2.93 bits per heavy atom. The van der Waals surface area contributed by atoms with E-state index in [1.54, 1.807) is 0 Å². The molecule has 7 heteroatoms. The van der Waals surface area contributed by atoms with Crippen LogP contribution < -0.4 is 10.6 Å². The molecule has 0 unspecified atom stereocenters. The van der Waals surface area contributed by atoms with Crippen molar-refractivity contribution in [2.75, 3.05) is 5.73 Å². The summed E-state index contributed by atoms with van der Waals surface area (Å²) in [6.45, 7) is 0. The first-order valence-electron chi connectivity index (χ1n) is 3.60. The van der Waals surface area contributed by atoms with Crippen LogP contribution in [0.15, 0.2) is 12.1 Å². The third-order valence-electron chi connectivity index (χ3n) is 1.65. The fraction of sp³-hybridized carbons (Fsp3) is 0. The third-order valence-corrected chi connectivity index (χ3v) is 1.94. The van der Waals surface area contributed by atoms with E-state index in [9.17, 15) is 9.60 Å². The topological polar surface area (TPSA) is 78.7 Å².